The van der Waals surface area contributed by atoms with E-state index in [2.05, 4.69) is 41.9 Å². The second-order valence-electron chi connectivity index (χ2n) is 5.08. The van der Waals surface area contributed by atoms with Crippen molar-refractivity contribution in [2.75, 3.05) is 12.4 Å². The van der Waals surface area contributed by atoms with E-state index in [0.717, 1.165) is 5.56 Å². The van der Waals surface area contributed by atoms with Gasteiger partial charge in [0.05, 0.1) is 11.6 Å². The van der Waals surface area contributed by atoms with Crippen molar-refractivity contribution in [3.8, 4) is 11.5 Å². The summed E-state index contributed by atoms with van der Waals surface area (Å²) in [6.07, 6.45) is 0. The Kier molecular flexibility index (Phi) is 5.44. The summed E-state index contributed by atoms with van der Waals surface area (Å²) in [5.74, 6) is 1.14. The van der Waals surface area contributed by atoms with Crippen LogP contribution in [0.1, 0.15) is 11.1 Å². The van der Waals surface area contributed by atoms with Crippen molar-refractivity contribution >= 4 is 21.9 Å². The van der Waals surface area contributed by atoms with E-state index in [9.17, 15) is 4.39 Å². The molecule has 0 atom stereocenters. The molecule has 2 aromatic carbocycles. The zero-order valence-electron chi connectivity index (χ0n) is 13.3. The molecule has 130 valence electrons. The maximum absolute atomic E-state index is 13.7. The number of aromatic amines is 1. The van der Waals surface area contributed by atoms with Crippen LogP contribution in [-0.2, 0) is 13.2 Å². The highest BCUT2D eigenvalue weighted by Crippen LogP contribution is 2.37. The number of H-pyrrole nitrogens is 1. The molecule has 1 heterocycles. The summed E-state index contributed by atoms with van der Waals surface area (Å²) in [5, 5.41) is 16.5. The Labute approximate surface area is 151 Å². The van der Waals surface area contributed by atoms with E-state index in [-0.39, 0.29) is 12.4 Å². The molecule has 0 aliphatic heterocycles. The highest BCUT2D eigenvalue weighted by Gasteiger charge is 2.13. The fraction of sp³-hybridized carbons (Fsp3) is 0.188. The molecule has 0 aliphatic carbocycles. The van der Waals surface area contributed by atoms with Crippen LogP contribution in [0, 0.1) is 5.82 Å². The first-order valence-corrected chi connectivity index (χ1v) is 8.16. The maximum atomic E-state index is 13.7. The number of aromatic nitrogens is 4. The molecule has 0 saturated heterocycles. The summed E-state index contributed by atoms with van der Waals surface area (Å²) in [6, 6.07) is 10.2. The van der Waals surface area contributed by atoms with Gasteiger partial charge in [0.1, 0.15) is 12.4 Å². The molecule has 9 heteroatoms. The largest absolute Gasteiger partial charge is 0.493 e. The van der Waals surface area contributed by atoms with Gasteiger partial charge in [0.15, 0.2) is 11.5 Å². The number of nitrogens with zero attached hydrogens (tertiary/aromatic N) is 3. The van der Waals surface area contributed by atoms with E-state index in [1.807, 2.05) is 12.1 Å². The van der Waals surface area contributed by atoms with Crippen LogP contribution in [0.2, 0.25) is 0 Å². The monoisotopic (exact) mass is 407 g/mol. The van der Waals surface area contributed by atoms with E-state index in [1.54, 1.807) is 25.3 Å². The molecule has 1 aromatic heterocycles. The Balaban J connectivity index is 1.74. The molecule has 0 saturated carbocycles. The first kappa shape index (κ1) is 17.2. The Morgan fingerprint density at radius 1 is 1.28 bits per heavy atom. The molecular weight excluding hydrogens is 393 g/mol. The van der Waals surface area contributed by atoms with Crippen LogP contribution in [0.15, 0.2) is 40.9 Å². The summed E-state index contributed by atoms with van der Waals surface area (Å²) in [6.45, 7) is 0.574. The summed E-state index contributed by atoms with van der Waals surface area (Å²) >= 11 is 3.47. The van der Waals surface area contributed by atoms with E-state index in [4.69, 9.17) is 9.47 Å². The average molecular weight is 408 g/mol. The topological polar surface area (TPSA) is 85.0 Å². The van der Waals surface area contributed by atoms with Crippen LogP contribution in [0.3, 0.4) is 0 Å². The van der Waals surface area contributed by atoms with Gasteiger partial charge in [0.2, 0.25) is 0 Å². The summed E-state index contributed by atoms with van der Waals surface area (Å²) < 4.78 is 25.6. The minimum atomic E-state index is -0.307. The molecule has 0 amide bonds. The minimum absolute atomic E-state index is 0.0993. The molecule has 2 N–H and O–H groups in total. The van der Waals surface area contributed by atoms with E-state index in [1.165, 1.54) is 6.07 Å². The van der Waals surface area contributed by atoms with Crippen LogP contribution in [-0.4, -0.2) is 27.7 Å². The lowest BCUT2D eigenvalue weighted by molar-refractivity contribution is 0.277. The maximum Gasteiger partial charge on any atom is 0.263 e. The quantitative estimate of drug-likeness (QED) is 0.624. The third-order valence-corrected chi connectivity index (χ3v) is 4.00. The number of hydrogen-bond acceptors (Lipinski definition) is 6. The molecule has 3 aromatic rings. The van der Waals surface area contributed by atoms with Crippen molar-refractivity contribution in [3.05, 3.63) is 57.8 Å². The Bertz CT molecular complexity index is 845. The first-order valence-electron chi connectivity index (χ1n) is 7.37. The van der Waals surface area contributed by atoms with Crippen molar-refractivity contribution in [3.63, 3.8) is 0 Å². The van der Waals surface area contributed by atoms with Gasteiger partial charge in [-0.3, -0.25) is 0 Å². The molecule has 0 fully saturated rings. The van der Waals surface area contributed by atoms with E-state index < -0.39 is 0 Å². The Hall–Kier alpha value is -2.68. The first-order chi connectivity index (χ1) is 12.2. The third-order valence-electron chi connectivity index (χ3n) is 3.42. The van der Waals surface area contributed by atoms with Crippen molar-refractivity contribution in [2.45, 2.75) is 13.2 Å². The van der Waals surface area contributed by atoms with Gasteiger partial charge in [-0.25, -0.2) is 4.39 Å². The third kappa shape index (κ3) is 4.24. The fourth-order valence-corrected chi connectivity index (χ4v) is 2.80. The molecule has 0 spiro atoms. The van der Waals surface area contributed by atoms with Crippen LogP contribution < -0.4 is 14.8 Å². The molecule has 0 bridgehead atoms. The Morgan fingerprint density at radius 2 is 2.12 bits per heavy atom. The van der Waals surface area contributed by atoms with Crippen molar-refractivity contribution in [1.29, 1.82) is 0 Å². The summed E-state index contributed by atoms with van der Waals surface area (Å²) in [4.78, 5) is 0. The van der Waals surface area contributed by atoms with Crippen molar-refractivity contribution in [2.24, 2.45) is 0 Å². The number of methoxy groups -OCH3 is 1. The number of anilines is 1. The Morgan fingerprint density at radius 3 is 2.84 bits per heavy atom. The number of hydrogen-bond donors (Lipinski definition) is 2. The summed E-state index contributed by atoms with van der Waals surface area (Å²) in [5.41, 5.74) is 1.39. The molecule has 7 nitrogen and oxygen atoms in total. The molecule has 0 radical (unpaired) electrons. The molecule has 0 unspecified atom stereocenters. The van der Waals surface area contributed by atoms with Crippen LogP contribution >= 0.6 is 15.9 Å². The molecule has 25 heavy (non-hydrogen) atoms. The fourth-order valence-electron chi connectivity index (χ4n) is 2.20. The van der Waals surface area contributed by atoms with Crippen molar-refractivity contribution < 1.29 is 13.9 Å². The van der Waals surface area contributed by atoms with Gasteiger partial charge in [0, 0.05) is 12.1 Å². The van der Waals surface area contributed by atoms with E-state index >= 15 is 0 Å². The average Bonchev–Trinajstić information content (AvgIpc) is 3.13. The lowest BCUT2D eigenvalue weighted by atomic mass is 10.2. The lowest BCUT2D eigenvalue weighted by Crippen LogP contribution is -2.04. The highest BCUT2D eigenvalue weighted by atomic mass is 79.9. The summed E-state index contributed by atoms with van der Waals surface area (Å²) in [7, 11) is 1.55. The van der Waals surface area contributed by atoms with Gasteiger partial charge in [-0.1, -0.05) is 23.3 Å². The SMILES string of the molecule is COc1cc(CNc2nn[nH]n2)cc(Br)c1OCc1ccccc1F. The lowest BCUT2D eigenvalue weighted by Gasteiger charge is -2.15. The zero-order chi connectivity index (χ0) is 17.6. The zero-order valence-corrected chi connectivity index (χ0v) is 14.9. The number of nitrogens with one attached hydrogen (secondary N) is 2. The predicted octanol–water partition coefficient (Wildman–Crippen LogP) is 3.30. The van der Waals surface area contributed by atoms with Gasteiger partial charge >= 0.3 is 0 Å². The highest BCUT2D eigenvalue weighted by molar-refractivity contribution is 9.10. The van der Waals surface area contributed by atoms with Gasteiger partial charge in [-0.15, -0.1) is 5.10 Å². The number of tetrazole rings is 1. The molecular formula is C16H15BrFN5O2. The van der Waals surface area contributed by atoms with Crippen LogP contribution in [0.25, 0.3) is 0 Å². The van der Waals surface area contributed by atoms with Gasteiger partial charge < -0.3 is 14.8 Å². The van der Waals surface area contributed by atoms with Crippen LogP contribution in [0.5, 0.6) is 11.5 Å². The van der Waals surface area contributed by atoms with Gasteiger partial charge in [-0.2, -0.15) is 5.21 Å². The second kappa shape index (κ2) is 7.93. The van der Waals surface area contributed by atoms with Gasteiger partial charge in [0.25, 0.3) is 5.95 Å². The van der Waals surface area contributed by atoms with Crippen LogP contribution in [0.4, 0.5) is 10.3 Å². The predicted molar refractivity (Wildman–Crippen MR) is 92.9 cm³/mol. The van der Waals surface area contributed by atoms with Gasteiger partial charge in [-0.05, 0) is 44.9 Å². The smallest absolute Gasteiger partial charge is 0.263 e. The second-order valence-corrected chi connectivity index (χ2v) is 5.93. The molecule has 3 rings (SSSR count). The number of ether oxygens (including phenoxy) is 2. The molecule has 0 aliphatic rings. The minimum Gasteiger partial charge on any atom is -0.493 e. The van der Waals surface area contributed by atoms with E-state index in [0.29, 0.717) is 34.0 Å². The van der Waals surface area contributed by atoms with Crippen molar-refractivity contribution in [1.82, 2.24) is 20.6 Å². The standard InChI is InChI=1S/C16H15BrFN5O2/c1-24-14-7-10(8-19-16-20-22-23-21-16)6-12(17)15(14)25-9-11-4-2-3-5-13(11)18/h2-7H,8-9H2,1H3,(H2,19,20,21,22,23). The normalized spacial score (nSPS) is 10.5. The number of rotatable bonds is 7. The number of halogens is 2. The number of benzene rings is 2.